The van der Waals surface area contributed by atoms with Gasteiger partial charge in [-0.2, -0.15) is 4.31 Å². The Bertz CT molecular complexity index is 859. The molecule has 144 valence electrons. The molecule has 0 unspecified atom stereocenters. The third-order valence-corrected chi connectivity index (χ3v) is 6.83. The van der Waals surface area contributed by atoms with Gasteiger partial charge in [-0.05, 0) is 49.4 Å². The Balaban J connectivity index is 1.48. The second-order valence-corrected chi connectivity index (χ2v) is 8.94. The van der Waals surface area contributed by atoms with Crippen LogP contribution in [0.5, 0.6) is 0 Å². The van der Waals surface area contributed by atoms with Crippen molar-refractivity contribution in [2.24, 2.45) is 5.92 Å². The van der Waals surface area contributed by atoms with Gasteiger partial charge >= 0.3 is 0 Å². The normalized spacial score (nSPS) is 16.2. The minimum atomic E-state index is -3.45. The average molecular weight is 388 g/mol. The van der Waals surface area contributed by atoms with Gasteiger partial charge in [0.2, 0.25) is 15.9 Å². The predicted octanol–water partition coefficient (Wildman–Crippen LogP) is 2.50. The Labute approximate surface area is 160 Å². The summed E-state index contributed by atoms with van der Waals surface area (Å²) in [7, 11) is -3.45. The number of aromatic nitrogens is 1. The molecule has 0 atom stereocenters. The van der Waals surface area contributed by atoms with Crippen LogP contribution in [0.1, 0.15) is 30.4 Å². The fourth-order valence-electron chi connectivity index (χ4n) is 3.25. The quantitative estimate of drug-likeness (QED) is 0.826. The first-order valence-corrected chi connectivity index (χ1v) is 10.6. The molecule has 1 fully saturated rings. The monoisotopic (exact) mass is 387 g/mol. The molecule has 0 bridgehead atoms. The predicted molar refractivity (Wildman–Crippen MR) is 103 cm³/mol. The first-order valence-electron chi connectivity index (χ1n) is 9.17. The highest BCUT2D eigenvalue weighted by Gasteiger charge is 2.30. The summed E-state index contributed by atoms with van der Waals surface area (Å²) in [6, 6.07) is 10.7. The number of piperidine rings is 1. The largest absolute Gasteiger partial charge is 0.352 e. The van der Waals surface area contributed by atoms with Crippen molar-refractivity contribution in [3.63, 3.8) is 0 Å². The van der Waals surface area contributed by atoms with E-state index in [9.17, 15) is 13.2 Å². The van der Waals surface area contributed by atoms with Crippen LogP contribution in [-0.4, -0.2) is 36.7 Å². The van der Waals surface area contributed by atoms with Crippen LogP contribution in [-0.2, 0) is 21.4 Å². The highest BCUT2D eigenvalue weighted by atomic mass is 32.2. The third-order valence-electron chi connectivity index (χ3n) is 4.92. The van der Waals surface area contributed by atoms with Crippen LogP contribution < -0.4 is 5.32 Å². The maximum absolute atomic E-state index is 12.7. The Morgan fingerprint density at radius 3 is 2.52 bits per heavy atom. The van der Waals surface area contributed by atoms with Gasteiger partial charge in [-0.25, -0.2) is 8.42 Å². The number of hydrogen-bond acceptors (Lipinski definition) is 4. The molecule has 1 aliphatic rings. The van der Waals surface area contributed by atoms with Gasteiger partial charge in [-0.15, -0.1) is 0 Å². The number of benzene rings is 1. The Morgan fingerprint density at radius 1 is 1.19 bits per heavy atom. The number of hydrogen-bond donors (Lipinski definition) is 1. The Hall–Kier alpha value is -2.25. The van der Waals surface area contributed by atoms with E-state index < -0.39 is 10.0 Å². The van der Waals surface area contributed by atoms with Crippen LogP contribution in [0.25, 0.3) is 0 Å². The van der Waals surface area contributed by atoms with E-state index in [4.69, 9.17) is 0 Å². The fourth-order valence-corrected chi connectivity index (χ4v) is 4.72. The SMILES string of the molecule is Cc1ccc(S(=O)(=O)N2CCC(CC(=O)NCc3cccnc3)CC2)cc1. The van der Waals surface area contributed by atoms with E-state index in [0.29, 0.717) is 43.8 Å². The number of aryl methyl sites for hydroxylation is 1. The molecule has 1 aliphatic heterocycles. The summed E-state index contributed by atoms with van der Waals surface area (Å²) < 4.78 is 27.0. The van der Waals surface area contributed by atoms with Gasteiger partial charge in [0, 0.05) is 38.4 Å². The molecule has 1 amide bonds. The summed E-state index contributed by atoms with van der Waals surface area (Å²) in [6.07, 6.45) is 5.26. The highest BCUT2D eigenvalue weighted by Crippen LogP contribution is 2.25. The molecule has 7 heteroatoms. The molecule has 27 heavy (non-hydrogen) atoms. The van der Waals surface area contributed by atoms with E-state index in [1.165, 1.54) is 4.31 Å². The summed E-state index contributed by atoms with van der Waals surface area (Å²) in [5.41, 5.74) is 2.00. The molecule has 0 spiro atoms. The summed E-state index contributed by atoms with van der Waals surface area (Å²) in [5.74, 6) is 0.210. The van der Waals surface area contributed by atoms with Gasteiger partial charge in [0.05, 0.1) is 4.90 Å². The van der Waals surface area contributed by atoms with Gasteiger partial charge in [0.15, 0.2) is 0 Å². The first-order chi connectivity index (χ1) is 12.9. The zero-order valence-corrected chi connectivity index (χ0v) is 16.3. The van der Waals surface area contributed by atoms with Crippen molar-refractivity contribution in [1.29, 1.82) is 0 Å². The number of pyridine rings is 1. The van der Waals surface area contributed by atoms with Crippen LogP contribution in [0.4, 0.5) is 0 Å². The lowest BCUT2D eigenvalue weighted by atomic mass is 9.94. The van der Waals surface area contributed by atoms with Crippen molar-refractivity contribution in [2.75, 3.05) is 13.1 Å². The van der Waals surface area contributed by atoms with E-state index in [-0.39, 0.29) is 11.8 Å². The zero-order chi connectivity index (χ0) is 19.3. The minimum absolute atomic E-state index is 0.00121. The molecular formula is C20H25N3O3S. The molecule has 0 aliphatic carbocycles. The molecule has 0 saturated carbocycles. The number of carbonyl (C=O) groups excluding carboxylic acids is 1. The second kappa shape index (κ2) is 8.63. The summed E-state index contributed by atoms with van der Waals surface area (Å²) in [6.45, 7) is 3.31. The summed E-state index contributed by atoms with van der Waals surface area (Å²) >= 11 is 0. The smallest absolute Gasteiger partial charge is 0.243 e. The van der Waals surface area contributed by atoms with Crippen LogP contribution in [0.2, 0.25) is 0 Å². The topological polar surface area (TPSA) is 79.4 Å². The van der Waals surface area contributed by atoms with Gasteiger partial charge in [-0.3, -0.25) is 9.78 Å². The first kappa shape index (κ1) is 19.5. The van der Waals surface area contributed by atoms with Crippen molar-refractivity contribution in [3.8, 4) is 0 Å². The van der Waals surface area contributed by atoms with Gasteiger partial charge in [-0.1, -0.05) is 23.8 Å². The van der Waals surface area contributed by atoms with E-state index in [0.717, 1.165) is 11.1 Å². The highest BCUT2D eigenvalue weighted by molar-refractivity contribution is 7.89. The number of sulfonamides is 1. The average Bonchev–Trinajstić information content (AvgIpc) is 2.68. The zero-order valence-electron chi connectivity index (χ0n) is 15.5. The molecule has 1 N–H and O–H groups in total. The lowest BCUT2D eigenvalue weighted by molar-refractivity contribution is -0.122. The summed E-state index contributed by atoms with van der Waals surface area (Å²) in [5, 5.41) is 2.91. The molecule has 2 aromatic rings. The number of carbonyl (C=O) groups is 1. The number of rotatable bonds is 6. The molecule has 3 rings (SSSR count). The second-order valence-electron chi connectivity index (χ2n) is 7.00. The fraction of sp³-hybridized carbons (Fsp3) is 0.400. The van der Waals surface area contributed by atoms with Gasteiger partial charge in [0.1, 0.15) is 0 Å². The lowest BCUT2D eigenvalue weighted by Gasteiger charge is -2.31. The maximum atomic E-state index is 12.7. The molecule has 0 radical (unpaired) electrons. The lowest BCUT2D eigenvalue weighted by Crippen LogP contribution is -2.39. The van der Waals surface area contributed by atoms with Gasteiger partial charge < -0.3 is 5.32 Å². The summed E-state index contributed by atoms with van der Waals surface area (Å²) in [4.78, 5) is 16.5. The molecule has 1 aromatic heterocycles. The molecular weight excluding hydrogens is 362 g/mol. The Morgan fingerprint density at radius 2 is 1.89 bits per heavy atom. The van der Waals surface area contributed by atoms with Crippen LogP contribution in [0.3, 0.4) is 0 Å². The molecule has 6 nitrogen and oxygen atoms in total. The van der Waals surface area contributed by atoms with Crippen molar-refractivity contribution < 1.29 is 13.2 Å². The maximum Gasteiger partial charge on any atom is 0.243 e. The van der Waals surface area contributed by atoms with Crippen LogP contribution in [0.15, 0.2) is 53.7 Å². The molecule has 1 aromatic carbocycles. The standard InChI is InChI=1S/C20H25N3O3S/c1-16-4-6-19(7-5-16)27(25,26)23-11-8-17(9-12-23)13-20(24)22-15-18-3-2-10-21-14-18/h2-7,10,14,17H,8-9,11-13,15H2,1H3,(H,22,24). The van der Waals surface area contributed by atoms with E-state index in [1.54, 1.807) is 24.5 Å². The molecule has 2 heterocycles. The Kier molecular flexibility index (Phi) is 6.23. The third kappa shape index (κ3) is 5.14. The van der Waals surface area contributed by atoms with Crippen molar-refractivity contribution in [3.05, 3.63) is 59.9 Å². The minimum Gasteiger partial charge on any atom is -0.352 e. The van der Waals surface area contributed by atoms with Gasteiger partial charge in [0.25, 0.3) is 0 Å². The van der Waals surface area contributed by atoms with Crippen molar-refractivity contribution in [1.82, 2.24) is 14.6 Å². The van der Waals surface area contributed by atoms with E-state index >= 15 is 0 Å². The van der Waals surface area contributed by atoms with Crippen LogP contribution in [0, 0.1) is 12.8 Å². The van der Waals surface area contributed by atoms with E-state index in [2.05, 4.69) is 10.3 Å². The van der Waals surface area contributed by atoms with Crippen molar-refractivity contribution in [2.45, 2.75) is 37.6 Å². The van der Waals surface area contributed by atoms with E-state index in [1.807, 2.05) is 31.2 Å². The van der Waals surface area contributed by atoms with Crippen LogP contribution >= 0.6 is 0 Å². The number of nitrogens with zero attached hydrogens (tertiary/aromatic N) is 2. The number of amides is 1. The molecule has 1 saturated heterocycles. The number of nitrogens with one attached hydrogen (secondary N) is 1. The van der Waals surface area contributed by atoms with Crippen molar-refractivity contribution >= 4 is 15.9 Å².